The van der Waals surface area contributed by atoms with Crippen molar-refractivity contribution in [3.05, 3.63) is 23.1 Å². The lowest BCUT2D eigenvalue weighted by molar-refractivity contribution is -0.177. The fourth-order valence-electron chi connectivity index (χ4n) is 3.69. The van der Waals surface area contributed by atoms with Gasteiger partial charge in [0.25, 0.3) is 11.8 Å². The number of amides is 2. The molecule has 0 fully saturated rings. The Bertz CT molecular complexity index is 966. The van der Waals surface area contributed by atoms with E-state index in [1.807, 2.05) is 0 Å². The van der Waals surface area contributed by atoms with Gasteiger partial charge in [-0.3, -0.25) is 14.7 Å². The van der Waals surface area contributed by atoms with Crippen molar-refractivity contribution in [2.24, 2.45) is 13.0 Å². The van der Waals surface area contributed by atoms with Gasteiger partial charge in [0.15, 0.2) is 5.69 Å². The molecule has 9 nitrogen and oxygen atoms in total. The lowest BCUT2D eigenvalue weighted by Crippen LogP contribution is -2.49. The van der Waals surface area contributed by atoms with Gasteiger partial charge in [0.2, 0.25) is 5.88 Å². The molecule has 156 valence electrons. The number of alkyl halides is 3. The highest BCUT2D eigenvalue weighted by Gasteiger charge is 2.43. The molecule has 2 aliphatic rings. The number of H-pyrrole nitrogens is 1. The van der Waals surface area contributed by atoms with E-state index in [2.05, 4.69) is 20.6 Å². The maximum absolute atomic E-state index is 13.1. The number of hydrogen-bond donors (Lipinski definition) is 2. The van der Waals surface area contributed by atoms with Crippen LogP contribution in [0, 0.1) is 5.92 Å². The second-order valence-corrected chi connectivity index (χ2v) is 7.20. The third kappa shape index (κ3) is 3.32. The standard InChI is InChI=1S/C17H19F3N6O3/c1-25-12-6-21-26(2)16(12)29-7-11(15(25)28)22-14(27)13-9-5-8(17(18,19)20)3-4-10(9)23-24-13/h6,8,11H,3-5,7H2,1-2H3,(H,22,27)(H,23,24). The number of nitrogens with zero attached hydrogens (tertiary/aromatic N) is 4. The lowest BCUT2D eigenvalue weighted by atomic mass is 9.86. The molecular formula is C17H19F3N6O3. The Morgan fingerprint density at radius 1 is 1.38 bits per heavy atom. The van der Waals surface area contributed by atoms with Gasteiger partial charge in [-0.25, -0.2) is 4.68 Å². The molecule has 0 spiro atoms. The minimum atomic E-state index is -4.34. The van der Waals surface area contributed by atoms with E-state index in [0.29, 0.717) is 17.3 Å². The molecule has 2 aromatic rings. The van der Waals surface area contributed by atoms with Crippen LogP contribution in [-0.2, 0) is 24.7 Å². The number of carbonyl (C=O) groups is 2. The van der Waals surface area contributed by atoms with Crippen LogP contribution in [0.2, 0.25) is 0 Å². The van der Waals surface area contributed by atoms with Crippen LogP contribution in [0.3, 0.4) is 0 Å². The summed E-state index contributed by atoms with van der Waals surface area (Å²) in [6.07, 6.45) is -3.07. The molecule has 2 unspecified atom stereocenters. The summed E-state index contributed by atoms with van der Waals surface area (Å²) < 4.78 is 46.4. The van der Waals surface area contributed by atoms with Crippen LogP contribution in [0.4, 0.5) is 18.9 Å². The molecule has 0 saturated heterocycles. The minimum absolute atomic E-state index is 0.0498. The highest BCUT2D eigenvalue weighted by atomic mass is 19.4. The van der Waals surface area contributed by atoms with Gasteiger partial charge in [-0.2, -0.15) is 23.4 Å². The van der Waals surface area contributed by atoms with Gasteiger partial charge in [0.05, 0.1) is 12.1 Å². The lowest BCUT2D eigenvalue weighted by Gasteiger charge is -2.24. The highest BCUT2D eigenvalue weighted by Crippen LogP contribution is 2.37. The summed E-state index contributed by atoms with van der Waals surface area (Å²) >= 11 is 0. The largest absolute Gasteiger partial charge is 0.474 e. The van der Waals surface area contributed by atoms with E-state index < -0.39 is 30.0 Å². The van der Waals surface area contributed by atoms with E-state index in [1.165, 1.54) is 22.8 Å². The van der Waals surface area contributed by atoms with E-state index in [4.69, 9.17) is 4.74 Å². The summed E-state index contributed by atoms with van der Waals surface area (Å²) in [7, 11) is 3.18. The molecule has 2 aromatic heterocycles. The zero-order valence-electron chi connectivity index (χ0n) is 15.7. The van der Waals surface area contributed by atoms with E-state index in [-0.39, 0.29) is 37.1 Å². The first-order valence-corrected chi connectivity index (χ1v) is 9.03. The Hall–Kier alpha value is -3.05. The van der Waals surface area contributed by atoms with Crippen LogP contribution in [0.5, 0.6) is 5.88 Å². The van der Waals surface area contributed by atoms with Crippen molar-refractivity contribution in [3.8, 4) is 5.88 Å². The van der Waals surface area contributed by atoms with Crippen molar-refractivity contribution < 1.29 is 27.5 Å². The second kappa shape index (κ2) is 6.78. The Morgan fingerprint density at radius 3 is 2.86 bits per heavy atom. The number of nitrogens with one attached hydrogen (secondary N) is 2. The smallest absolute Gasteiger partial charge is 0.392 e. The Morgan fingerprint density at radius 2 is 2.14 bits per heavy atom. The topological polar surface area (TPSA) is 105 Å². The summed E-state index contributed by atoms with van der Waals surface area (Å²) in [4.78, 5) is 26.8. The number of aromatic nitrogens is 4. The average Bonchev–Trinajstić information content (AvgIpc) is 3.23. The van der Waals surface area contributed by atoms with Crippen LogP contribution < -0.4 is 15.0 Å². The maximum atomic E-state index is 13.1. The van der Waals surface area contributed by atoms with E-state index in [1.54, 1.807) is 7.05 Å². The Kier molecular flexibility index (Phi) is 4.50. The maximum Gasteiger partial charge on any atom is 0.392 e. The van der Waals surface area contributed by atoms with Crippen LogP contribution >= 0.6 is 0 Å². The molecule has 3 heterocycles. The van der Waals surface area contributed by atoms with Crippen molar-refractivity contribution in [2.45, 2.75) is 31.5 Å². The third-order valence-corrected chi connectivity index (χ3v) is 5.37. The van der Waals surface area contributed by atoms with Crippen LogP contribution in [0.1, 0.15) is 28.2 Å². The predicted octanol–water partition coefficient (Wildman–Crippen LogP) is 0.964. The minimum Gasteiger partial charge on any atom is -0.474 e. The zero-order chi connectivity index (χ0) is 20.9. The van der Waals surface area contributed by atoms with Crippen LogP contribution in [0.25, 0.3) is 0 Å². The first-order chi connectivity index (χ1) is 13.7. The van der Waals surface area contributed by atoms with Crippen molar-refractivity contribution in [3.63, 3.8) is 0 Å². The van der Waals surface area contributed by atoms with Gasteiger partial charge in [-0.1, -0.05) is 0 Å². The quantitative estimate of drug-likeness (QED) is 0.765. The Balaban J connectivity index is 1.53. The number of halogens is 3. The molecule has 0 aromatic carbocycles. The number of aromatic amines is 1. The van der Waals surface area contributed by atoms with Gasteiger partial charge in [0.1, 0.15) is 18.3 Å². The fourth-order valence-corrected chi connectivity index (χ4v) is 3.69. The van der Waals surface area contributed by atoms with Crippen molar-refractivity contribution in [2.75, 3.05) is 18.6 Å². The molecule has 0 radical (unpaired) electrons. The Labute approximate surface area is 163 Å². The van der Waals surface area contributed by atoms with Gasteiger partial charge in [0, 0.05) is 25.4 Å². The molecule has 0 bridgehead atoms. The molecule has 29 heavy (non-hydrogen) atoms. The number of fused-ring (bicyclic) bond motifs is 2. The second-order valence-electron chi connectivity index (χ2n) is 7.20. The molecule has 12 heteroatoms. The summed E-state index contributed by atoms with van der Waals surface area (Å²) in [5, 5.41) is 13.1. The summed E-state index contributed by atoms with van der Waals surface area (Å²) in [6.45, 7) is -0.140. The molecule has 1 aliphatic carbocycles. The molecule has 0 saturated carbocycles. The molecular weight excluding hydrogens is 393 g/mol. The number of ether oxygens (including phenoxy) is 1. The van der Waals surface area contributed by atoms with Gasteiger partial charge >= 0.3 is 6.18 Å². The summed E-state index contributed by atoms with van der Waals surface area (Å²) in [5.41, 5.74) is 1.11. The van der Waals surface area contributed by atoms with Gasteiger partial charge in [-0.15, -0.1) is 0 Å². The molecule has 2 N–H and O–H groups in total. The number of hydrogen-bond acceptors (Lipinski definition) is 5. The number of rotatable bonds is 2. The first-order valence-electron chi connectivity index (χ1n) is 9.03. The molecule has 2 amide bonds. The van der Waals surface area contributed by atoms with Crippen LogP contribution in [0.15, 0.2) is 6.20 Å². The van der Waals surface area contributed by atoms with Gasteiger partial charge < -0.3 is 15.0 Å². The normalized spacial score (nSPS) is 21.8. The number of aryl methyl sites for hydroxylation is 2. The number of carbonyl (C=O) groups excluding carboxylic acids is 2. The summed E-state index contributed by atoms with van der Waals surface area (Å²) in [5.74, 6) is -2.29. The molecule has 2 atom stereocenters. The summed E-state index contributed by atoms with van der Waals surface area (Å²) in [6, 6.07) is -1.02. The van der Waals surface area contributed by atoms with Crippen molar-refractivity contribution in [1.82, 2.24) is 25.3 Å². The van der Waals surface area contributed by atoms with E-state index in [9.17, 15) is 22.8 Å². The molecule has 1 aliphatic heterocycles. The van der Waals surface area contributed by atoms with Gasteiger partial charge in [-0.05, 0) is 19.3 Å². The van der Waals surface area contributed by atoms with E-state index in [0.717, 1.165) is 0 Å². The third-order valence-electron chi connectivity index (χ3n) is 5.37. The van der Waals surface area contributed by atoms with Crippen LogP contribution in [-0.4, -0.2) is 57.7 Å². The van der Waals surface area contributed by atoms with Crippen molar-refractivity contribution >= 4 is 17.5 Å². The van der Waals surface area contributed by atoms with E-state index >= 15 is 0 Å². The fraction of sp³-hybridized carbons (Fsp3) is 0.529. The SMILES string of the molecule is CN1C(=O)C(NC(=O)c2n[nH]c3c2CC(C(F)(F)F)CC3)COc2c1cnn2C. The zero-order valence-corrected chi connectivity index (χ0v) is 15.7. The monoisotopic (exact) mass is 412 g/mol. The molecule has 4 rings (SSSR count). The predicted molar refractivity (Wildman–Crippen MR) is 93.5 cm³/mol. The van der Waals surface area contributed by atoms with Crippen molar-refractivity contribution in [1.29, 1.82) is 0 Å². The average molecular weight is 412 g/mol. The number of likely N-dealkylation sites (N-methyl/N-ethyl adjacent to an activating group) is 1. The highest BCUT2D eigenvalue weighted by molar-refractivity contribution is 6.03. The number of anilines is 1. The first kappa shape index (κ1) is 19.3.